The van der Waals surface area contributed by atoms with Crippen molar-refractivity contribution in [2.45, 2.75) is 31.2 Å². The Balaban J connectivity index is 1.49. The number of hydrogen-bond acceptors (Lipinski definition) is 6. The third-order valence-electron chi connectivity index (χ3n) is 6.50. The summed E-state index contributed by atoms with van der Waals surface area (Å²) in [6.45, 7) is 2.08. The fourth-order valence-corrected chi connectivity index (χ4v) is 7.32. The molecule has 0 unspecified atom stereocenters. The van der Waals surface area contributed by atoms with E-state index in [2.05, 4.69) is 4.99 Å². The third-order valence-corrected chi connectivity index (χ3v) is 9.78. The van der Waals surface area contributed by atoms with Gasteiger partial charge in [-0.2, -0.15) is 4.99 Å². The van der Waals surface area contributed by atoms with Gasteiger partial charge in [0, 0.05) is 17.1 Å². The minimum Gasteiger partial charge on any atom is -0.468 e. The fraction of sp³-hybridized carbons (Fsp3) is 0.222. The fourth-order valence-electron chi connectivity index (χ4n) is 4.54. The van der Waals surface area contributed by atoms with Crippen molar-refractivity contribution in [2.24, 2.45) is 4.99 Å². The molecular formula is C27H24ClN3O5S2. The number of carbonyl (C=O) groups is 2. The Hall–Kier alpha value is -3.47. The molecule has 0 aliphatic carbocycles. The minimum atomic E-state index is -3.80. The highest BCUT2D eigenvalue weighted by atomic mass is 35.5. The molecule has 8 nitrogen and oxygen atoms in total. The number of methoxy groups -OCH3 is 1. The molecule has 4 aromatic rings. The summed E-state index contributed by atoms with van der Waals surface area (Å²) in [5.74, 6) is -1.06. The number of aryl methyl sites for hydroxylation is 2. The van der Waals surface area contributed by atoms with Crippen LogP contribution in [-0.4, -0.2) is 38.5 Å². The van der Waals surface area contributed by atoms with Crippen molar-refractivity contribution in [1.29, 1.82) is 0 Å². The van der Waals surface area contributed by atoms with E-state index in [-0.39, 0.29) is 17.0 Å². The van der Waals surface area contributed by atoms with Crippen LogP contribution in [0.1, 0.15) is 27.9 Å². The maximum Gasteiger partial charge on any atom is 0.325 e. The van der Waals surface area contributed by atoms with Crippen molar-refractivity contribution in [3.05, 3.63) is 87.2 Å². The average molecular weight is 570 g/mol. The van der Waals surface area contributed by atoms with E-state index in [1.54, 1.807) is 10.6 Å². The topological polar surface area (TPSA) is 98.0 Å². The van der Waals surface area contributed by atoms with E-state index in [0.717, 1.165) is 28.7 Å². The summed E-state index contributed by atoms with van der Waals surface area (Å²) in [5, 5.41) is 0.528. The van der Waals surface area contributed by atoms with Gasteiger partial charge in [0.25, 0.3) is 15.9 Å². The second-order valence-corrected chi connectivity index (χ2v) is 12.1. The predicted octanol–water partition coefficient (Wildman–Crippen LogP) is 4.72. The number of esters is 1. The van der Waals surface area contributed by atoms with Crippen molar-refractivity contribution in [3.8, 4) is 0 Å². The van der Waals surface area contributed by atoms with Crippen LogP contribution in [0.3, 0.4) is 0 Å². The number of anilines is 1. The van der Waals surface area contributed by atoms with Crippen LogP contribution in [0.4, 0.5) is 5.69 Å². The van der Waals surface area contributed by atoms with Crippen LogP contribution in [0.2, 0.25) is 5.02 Å². The highest BCUT2D eigenvalue weighted by Gasteiger charge is 2.29. The number of rotatable bonds is 5. The lowest BCUT2D eigenvalue weighted by molar-refractivity contribution is -0.141. The van der Waals surface area contributed by atoms with Gasteiger partial charge in [-0.15, -0.1) is 0 Å². The third kappa shape index (κ3) is 4.75. The van der Waals surface area contributed by atoms with E-state index >= 15 is 0 Å². The van der Waals surface area contributed by atoms with Gasteiger partial charge < -0.3 is 9.30 Å². The monoisotopic (exact) mass is 569 g/mol. The van der Waals surface area contributed by atoms with Crippen LogP contribution in [-0.2, 0) is 32.5 Å². The molecule has 11 heteroatoms. The summed E-state index contributed by atoms with van der Waals surface area (Å²) >= 11 is 7.55. The largest absolute Gasteiger partial charge is 0.468 e. The van der Waals surface area contributed by atoms with Crippen molar-refractivity contribution in [2.75, 3.05) is 18.0 Å². The number of nitrogens with zero attached hydrogens (tertiary/aromatic N) is 3. The number of aromatic nitrogens is 1. The van der Waals surface area contributed by atoms with Gasteiger partial charge in [-0.05, 0) is 73.4 Å². The highest BCUT2D eigenvalue weighted by molar-refractivity contribution is 7.92. The summed E-state index contributed by atoms with van der Waals surface area (Å²) in [7, 11) is -2.51. The van der Waals surface area contributed by atoms with Gasteiger partial charge in [-0.25, -0.2) is 8.42 Å². The van der Waals surface area contributed by atoms with Crippen LogP contribution in [0, 0.1) is 6.92 Å². The van der Waals surface area contributed by atoms with E-state index in [1.807, 2.05) is 37.3 Å². The first kappa shape index (κ1) is 26.1. The number of amides is 1. The van der Waals surface area contributed by atoms with E-state index < -0.39 is 21.9 Å². The lowest BCUT2D eigenvalue weighted by Crippen LogP contribution is -2.35. The first-order chi connectivity index (χ1) is 18.2. The molecule has 2 heterocycles. The first-order valence-corrected chi connectivity index (χ1v) is 14.5. The molecule has 0 fully saturated rings. The van der Waals surface area contributed by atoms with Gasteiger partial charge in [-0.1, -0.05) is 41.1 Å². The number of fused-ring (bicyclic) bond motifs is 2. The predicted molar refractivity (Wildman–Crippen MR) is 147 cm³/mol. The highest BCUT2D eigenvalue weighted by Crippen LogP contribution is 2.32. The maximum atomic E-state index is 13.4. The molecule has 0 N–H and O–H groups in total. The van der Waals surface area contributed by atoms with Crippen molar-refractivity contribution < 1.29 is 22.7 Å². The normalized spacial score (nSPS) is 14.0. The molecule has 0 saturated carbocycles. The number of thiazole rings is 1. The molecule has 38 heavy (non-hydrogen) atoms. The molecule has 5 rings (SSSR count). The van der Waals surface area contributed by atoms with Crippen molar-refractivity contribution in [1.82, 2.24) is 4.57 Å². The van der Waals surface area contributed by atoms with E-state index in [4.69, 9.17) is 16.3 Å². The molecule has 1 aromatic heterocycles. The summed E-state index contributed by atoms with van der Waals surface area (Å²) in [5.41, 5.74) is 3.35. The van der Waals surface area contributed by atoms with Gasteiger partial charge in [-0.3, -0.25) is 13.9 Å². The van der Waals surface area contributed by atoms with Crippen LogP contribution < -0.4 is 9.11 Å². The first-order valence-electron chi connectivity index (χ1n) is 11.9. The van der Waals surface area contributed by atoms with Gasteiger partial charge in [0.1, 0.15) is 6.54 Å². The summed E-state index contributed by atoms with van der Waals surface area (Å²) in [4.78, 5) is 29.9. The van der Waals surface area contributed by atoms with Crippen LogP contribution in [0.15, 0.2) is 70.6 Å². The molecule has 0 bridgehead atoms. The molecule has 1 aliphatic rings. The zero-order valence-corrected chi connectivity index (χ0v) is 23.1. The average Bonchev–Trinajstić information content (AvgIpc) is 3.27. The second-order valence-electron chi connectivity index (χ2n) is 8.82. The molecule has 1 aliphatic heterocycles. The van der Waals surface area contributed by atoms with Gasteiger partial charge in [0.05, 0.1) is 27.9 Å². The Morgan fingerprint density at radius 2 is 1.82 bits per heavy atom. The van der Waals surface area contributed by atoms with Gasteiger partial charge >= 0.3 is 5.97 Å². The molecule has 196 valence electrons. The quantitative estimate of drug-likeness (QED) is 0.324. The second kappa shape index (κ2) is 10.4. The zero-order chi connectivity index (χ0) is 27.0. The molecule has 0 spiro atoms. The Kier molecular flexibility index (Phi) is 7.13. The molecule has 1 amide bonds. The van der Waals surface area contributed by atoms with Crippen LogP contribution in [0.5, 0.6) is 0 Å². The van der Waals surface area contributed by atoms with Gasteiger partial charge in [0.2, 0.25) is 0 Å². The number of halogens is 1. The van der Waals surface area contributed by atoms with E-state index in [0.29, 0.717) is 27.6 Å². The standard InChI is InChI=1S/C27H24ClN3O5S2/c1-17-21(28)13-14-23-25(17)30(16-24(32)36-2)27(37-23)29-26(33)19-9-11-20(12-10-19)38(34,35)31-15-5-7-18-6-3-4-8-22(18)31/h3-4,6,8-14H,5,7,15-16H2,1-2H3. The molecule has 0 radical (unpaired) electrons. The van der Waals surface area contributed by atoms with Gasteiger partial charge in [0.15, 0.2) is 4.80 Å². The lowest BCUT2D eigenvalue weighted by Gasteiger charge is -2.30. The summed E-state index contributed by atoms with van der Waals surface area (Å²) in [6, 6.07) is 16.8. The molecular weight excluding hydrogens is 546 g/mol. The Morgan fingerprint density at radius 3 is 2.55 bits per heavy atom. The number of carbonyl (C=O) groups excluding carboxylic acids is 2. The smallest absolute Gasteiger partial charge is 0.325 e. The SMILES string of the molecule is COC(=O)Cn1c(=NC(=O)c2ccc(S(=O)(=O)N3CCCc4ccccc43)cc2)sc2ccc(Cl)c(C)c21. The minimum absolute atomic E-state index is 0.0960. The molecule has 0 atom stereocenters. The Morgan fingerprint density at radius 1 is 1.08 bits per heavy atom. The Bertz CT molecular complexity index is 1740. The van der Waals surface area contributed by atoms with Crippen LogP contribution in [0.25, 0.3) is 10.2 Å². The number of benzene rings is 3. The molecule has 0 saturated heterocycles. The maximum absolute atomic E-state index is 13.4. The number of sulfonamides is 1. The number of para-hydroxylation sites is 1. The molecule has 3 aromatic carbocycles. The number of ether oxygens (including phenoxy) is 1. The zero-order valence-electron chi connectivity index (χ0n) is 20.7. The summed E-state index contributed by atoms with van der Waals surface area (Å²) < 4.78 is 35.5. The van der Waals surface area contributed by atoms with Crippen molar-refractivity contribution >= 4 is 60.7 Å². The number of hydrogen-bond donors (Lipinski definition) is 0. The Labute approximate surface area is 228 Å². The van der Waals surface area contributed by atoms with E-state index in [1.165, 1.54) is 47.0 Å². The summed E-state index contributed by atoms with van der Waals surface area (Å²) in [6.07, 6.45) is 1.56. The van der Waals surface area contributed by atoms with E-state index in [9.17, 15) is 18.0 Å². The lowest BCUT2D eigenvalue weighted by atomic mass is 10.0. The van der Waals surface area contributed by atoms with Crippen molar-refractivity contribution in [3.63, 3.8) is 0 Å². The van der Waals surface area contributed by atoms with Crippen LogP contribution >= 0.6 is 22.9 Å².